The number of phenols is 1. The fourth-order valence-corrected chi connectivity index (χ4v) is 1.55. The van der Waals surface area contributed by atoms with Crippen molar-refractivity contribution in [2.45, 2.75) is 0 Å². The number of rotatable bonds is 2. The van der Waals surface area contributed by atoms with Crippen molar-refractivity contribution in [2.24, 2.45) is 0 Å². The van der Waals surface area contributed by atoms with E-state index >= 15 is 0 Å². The number of carboxylic acid groups (broad SMARTS) is 1. The lowest BCUT2D eigenvalue weighted by Gasteiger charge is -2.08. The summed E-state index contributed by atoms with van der Waals surface area (Å²) in [5, 5.41) is 18.4. The van der Waals surface area contributed by atoms with Crippen LogP contribution in [0.2, 0.25) is 0 Å². The molecule has 2 N–H and O–H groups in total. The van der Waals surface area contributed by atoms with Gasteiger partial charge in [-0.05, 0) is 11.6 Å². The second kappa shape index (κ2) is 4.57. The molecule has 0 aliphatic carbocycles. The average Bonchev–Trinajstić information content (AvgIpc) is 2.32. The molecular weight excluding hydrogens is 220 g/mol. The van der Waals surface area contributed by atoms with Gasteiger partial charge in [0.05, 0.1) is 0 Å². The molecule has 0 aliphatic heterocycles. The van der Waals surface area contributed by atoms with Gasteiger partial charge in [-0.2, -0.15) is 0 Å². The van der Waals surface area contributed by atoms with Crippen molar-refractivity contribution in [1.82, 2.24) is 0 Å². The van der Waals surface area contributed by atoms with Gasteiger partial charge in [-0.1, -0.05) is 42.5 Å². The van der Waals surface area contributed by atoms with Gasteiger partial charge < -0.3 is 14.9 Å². The summed E-state index contributed by atoms with van der Waals surface area (Å²) in [6, 6.07) is 13.9. The SMILES string of the molecule is O=C(O)Oc1cccc(-c2ccccc2)c1O. The number of phenolic OH excluding ortho intramolecular Hbond substituents is 1. The van der Waals surface area contributed by atoms with Crippen molar-refractivity contribution in [2.75, 3.05) is 0 Å². The third-order valence-corrected chi connectivity index (χ3v) is 2.28. The van der Waals surface area contributed by atoms with Crippen molar-refractivity contribution in [1.29, 1.82) is 0 Å². The van der Waals surface area contributed by atoms with Gasteiger partial charge in [-0.15, -0.1) is 0 Å². The van der Waals surface area contributed by atoms with Crippen LogP contribution in [0.4, 0.5) is 4.79 Å². The monoisotopic (exact) mass is 230 g/mol. The Labute approximate surface area is 97.7 Å². The Bertz CT molecular complexity index is 534. The number of hydrogen-bond donors (Lipinski definition) is 2. The minimum atomic E-state index is -1.45. The largest absolute Gasteiger partial charge is 0.511 e. The van der Waals surface area contributed by atoms with E-state index in [2.05, 4.69) is 4.74 Å². The maximum Gasteiger partial charge on any atom is 0.511 e. The molecule has 2 aromatic rings. The van der Waals surface area contributed by atoms with Crippen molar-refractivity contribution < 1.29 is 19.7 Å². The highest BCUT2D eigenvalue weighted by atomic mass is 16.7. The van der Waals surface area contributed by atoms with Gasteiger partial charge in [0.15, 0.2) is 11.5 Å². The molecule has 17 heavy (non-hydrogen) atoms. The van der Waals surface area contributed by atoms with Crippen molar-refractivity contribution in [3.63, 3.8) is 0 Å². The fraction of sp³-hybridized carbons (Fsp3) is 0. The number of para-hydroxylation sites is 1. The van der Waals surface area contributed by atoms with Crippen LogP contribution in [-0.4, -0.2) is 16.4 Å². The lowest BCUT2D eigenvalue weighted by atomic mass is 10.0. The normalized spacial score (nSPS) is 9.88. The highest BCUT2D eigenvalue weighted by Crippen LogP contribution is 2.36. The van der Waals surface area contributed by atoms with Crippen LogP contribution in [0.15, 0.2) is 48.5 Å². The first-order valence-electron chi connectivity index (χ1n) is 4.96. The Morgan fingerprint density at radius 3 is 2.35 bits per heavy atom. The van der Waals surface area contributed by atoms with Gasteiger partial charge in [0.2, 0.25) is 0 Å². The molecule has 0 fully saturated rings. The molecule has 0 atom stereocenters. The van der Waals surface area contributed by atoms with E-state index in [4.69, 9.17) is 5.11 Å². The Hall–Kier alpha value is -2.49. The molecule has 2 aromatic carbocycles. The molecule has 0 saturated carbocycles. The second-order valence-corrected chi connectivity index (χ2v) is 3.39. The summed E-state index contributed by atoms with van der Waals surface area (Å²) in [5.74, 6) is -0.250. The molecule has 0 saturated heterocycles. The fourth-order valence-electron chi connectivity index (χ4n) is 1.55. The molecule has 0 unspecified atom stereocenters. The highest BCUT2D eigenvalue weighted by molar-refractivity contribution is 5.75. The van der Waals surface area contributed by atoms with E-state index in [-0.39, 0.29) is 11.5 Å². The van der Waals surface area contributed by atoms with Crippen LogP contribution in [0, 0.1) is 0 Å². The summed E-state index contributed by atoms with van der Waals surface area (Å²) in [6.45, 7) is 0. The number of aromatic hydroxyl groups is 1. The van der Waals surface area contributed by atoms with Crippen molar-refractivity contribution >= 4 is 6.16 Å². The van der Waals surface area contributed by atoms with E-state index in [1.807, 2.05) is 30.3 Å². The quantitative estimate of drug-likeness (QED) is 0.614. The molecular formula is C13H10O4. The number of hydrogen-bond acceptors (Lipinski definition) is 3. The van der Waals surface area contributed by atoms with E-state index < -0.39 is 6.16 Å². The first-order chi connectivity index (χ1) is 8.18. The topological polar surface area (TPSA) is 66.8 Å². The second-order valence-electron chi connectivity index (χ2n) is 3.39. The molecule has 4 nitrogen and oxygen atoms in total. The lowest BCUT2D eigenvalue weighted by Crippen LogP contribution is -2.03. The van der Waals surface area contributed by atoms with Crippen LogP contribution in [0.5, 0.6) is 11.5 Å². The first-order valence-corrected chi connectivity index (χ1v) is 4.96. The zero-order valence-electron chi connectivity index (χ0n) is 8.83. The molecule has 2 rings (SSSR count). The van der Waals surface area contributed by atoms with Crippen LogP contribution >= 0.6 is 0 Å². The summed E-state index contributed by atoms with van der Waals surface area (Å²) < 4.78 is 4.47. The van der Waals surface area contributed by atoms with E-state index in [1.165, 1.54) is 6.07 Å². The highest BCUT2D eigenvalue weighted by Gasteiger charge is 2.12. The molecule has 0 aliphatic rings. The van der Waals surface area contributed by atoms with Crippen LogP contribution in [0.25, 0.3) is 11.1 Å². The average molecular weight is 230 g/mol. The van der Waals surface area contributed by atoms with Gasteiger partial charge in [-0.3, -0.25) is 0 Å². The van der Waals surface area contributed by atoms with Crippen molar-refractivity contribution in [3.05, 3.63) is 48.5 Å². The molecule has 86 valence electrons. The maximum absolute atomic E-state index is 10.4. The Morgan fingerprint density at radius 1 is 1.00 bits per heavy atom. The van der Waals surface area contributed by atoms with Gasteiger partial charge in [0.25, 0.3) is 0 Å². The Balaban J connectivity index is 2.46. The molecule has 0 bridgehead atoms. The number of carbonyl (C=O) groups is 1. The molecule has 0 aromatic heterocycles. The van der Waals surface area contributed by atoms with Crippen LogP contribution < -0.4 is 4.74 Å². The minimum Gasteiger partial charge on any atom is -0.504 e. The summed E-state index contributed by atoms with van der Waals surface area (Å²) in [6.07, 6.45) is -1.45. The summed E-state index contributed by atoms with van der Waals surface area (Å²) in [5.41, 5.74) is 1.32. The van der Waals surface area contributed by atoms with Crippen LogP contribution in [-0.2, 0) is 0 Å². The van der Waals surface area contributed by atoms with Gasteiger partial charge >= 0.3 is 6.16 Å². The third-order valence-electron chi connectivity index (χ3n) is 2.28. The van der Waals surface area contributed by atoms with Gasteiger partial charge in [-0.25, -0.2) is 4.79 Å². The third kappa shape index (κ3) is 2.36. The molecule has 0 amide bonds. The van der Waals surface area contributed by atoms with Crippen LogP contribution in [0.1, 0.15) is 0 Å². The summed E-state index contributed by atoms with van der Waals surface area (Å²) in [7, 11) is 0. The van der Waals surface area contributed by atoms with E-state index in [9.17, 15) is 9.90 Å². The molecule has 0 heterocycles. The zero-order chi connectivity index (χ0) is 12.3. The predicted molar refractivity (Wildman–Crippen MR) is 62.2 cm³/mol. The van der Waals surface area contributed by atoms with E-state index in [1.54, 1.807) is 12.1 Å². The standard InChI is InChI=1S/C13H10O4/c14-12-10(9-5-2-1-3-6-9)7-4-8-11(12)17-13(15)16/h1-8,14H,(H,15,16). The summed E-state index contributed by atoms with van der Waals surface area (Å²) >= 11 is 0. The van der Waals surface area contributed by atoms with E-state index in [0.717, 1.165) is 5.56 Å². The predicted octanol–water partition coefficient (Wildman–Crippen LogP) is 3.12. The van der Waals surface area contributed by atoms with Gasteiger partial charge in [0.1, 0.15) is 0 Å². The van der Waals surface area contributed by atoms with E-state index in [0.29, 0.717) is 5.56 Å². The minimum absolute atomic E-state index is 0.0705. The van der Waals surface area contributed by atoms with Gasteiger partial charge in [0, 0.05) is 5.56 Å². The number of benzene rings is 2. The molecule has 0 radical (unpaired) electrons. The lowest BCUT2D eigenvalue weighted by molar-refractivity contribution is 0.143. The smallest absolute Gasteiger partial charge is 0.504 e. The molecule has 0 spiro atoms. The Morgan fingerprint density at radius 2 is 1.71 bits per heavy atom. The summed E-state index contributed by atoms with van der Waals surface area (Å²) in [4.78, 5) is 10.4. The number of ether oxygens (including phenoxy) is 1. The first kappa shape index (κ1) is 11.0. The zero-order valence-corrected chi connectivity index (χ0v) is 8.83. The molecule has 4 heteroatoms. The van der Waals surface area contributed by atoms with Crippen molar-refractivity contribution in [3.8, 4) is 22.6 Å². The Kier molecular flexibility index (Phi) is 2.96. The maximum atomic E-state index is 10.4. The van der Waals surface area contributed by atoms with Crippen LogP contribution in [0.3, 0.4) is 0 Å².